The summed E-state index contributed by atoms with van der Waals surface area (Å²) in [6, 6.07) is 0.663. The smallest absolute Gasteiger partial charge is 0.0594 e. The molecule has 2 aliphatic rings. The summed E-state index contributed by atoms with van der Waals surface area (Å²) in [5.41, 5.74) is 0.307. The van der Waals surface area contributed by atoms with Gasteiger partial charge in [0, 0.05) is 24.7 Å². The Bertz CT molecular complexity index is 236. The maximum Gasteiger partial charge on any atom is 0.0594 e. The molecule has 0 aromatic rings. The first kappa shape index (κ1) is 13.3. The fraction of sp³-hybridized carbons (Fsp3) is 1.00. The largest absolute Gasteiger partial charge is 0.379 e. The third kappa shape index (κ3) is 2.83. The van der Waals surface area contributed by atoms with Crippen LogP contribution in [0.4, 0.5) is 0 Å². The summed E-state index contributed by atoms with van der Waals surface area (Å²) < 4.78 is 5.49. The van der Waals surface area contributed by atoms with Gasteiger partial charge < -0.3 is 10.1 Å². The summed E-state index contributed by atoms with van der Waals surface area (Å²) in [4.78, 5) is 2.65. The molecule has 0 aromatic heterocycles. The first-order chi connectivity index (χ1) is 8.22. The van der Waals surface area contributed by atoms with Gasteiger partial charge in [-0.05, 0) is 38.6 Å². The molecule has 2 atom stereocenters. The van der Waals surface area contributed by atoms with Crippen molar-refractivity contribution >= 4 is 0 Å². The molecule has 1 saturated carbocycles. The lowest BCUT2D eigenvalue weighted by Crippen LogP contribution is -2.62. The predicted molar refractivity (Wildman–Crippen MR) is 71.3 cm³/mol. The van der Waals surface area contributed by atoms with Crippen LogP contribution in [-0.2, 0) is 4.74 Å². The van der Waals surface area contributed by atoms with Gasteiger partial charge in [0.25, 0.3) is 0 Å². The monoisotopic (exact) mass is 240 g/mol. The molecule has 17 heavy (non-hydrogen) atoms. The van der Waals surface area contributed by atoms with E-state index < -0.39 is 0 Å². The molecule has 1 saturated heterocycles. The van der Waals surface area contributed by atoms with Crippen molar-refractivity contribution in [1.82, 2.24) is 10.2 Å². The minimum absolute atomic E-state index is 0.307. The number of likely N-dealkylation sites (N-methyl/N-ethyl adjacent to an activating group) is 1. The van der Waals surface area contributed by atoms with Gasteiger partial charge in [-0.1, -0.05) is 13.8 Å². The van der Waals surface area contributed by atoms with Crippen molar-refractivity contribution in [2.75, 3.05) is 32.8 Å². The highest BCUT2D eigenvalue weighted by atomic mass is 16.5. The number of hydrogen-bond acceptors (Lipinski definition) is 3. The number of ether oxygens (including phenoxy) is 1. The highest BCUT2D eigenvalue weighted by molar-refractivity contribution is 5.03. The second kappa shape index (κ2) is 5.68. The van der Waals surface area contributed by atoms with E-state index in [0.717, 1.165) is 38.8 Å². The molecule has 3 nitrogen and oxygen atoms in total. The minimum Gasteiger partial charge on any atom is -0.379 e. The third-order valence-corrected chi connectivity index (χ3v) is 4.64. The molecule has 1 N–H and O–H groups in total. The average Bonchev–Trinajstić information content (AvgIpc) is 3.20. The van der Waals surface area contributed by atoms with Crippen LogP contribution in [0.5, 0.6) is 0 Å². The molecular weight excluding hydrogens is 212 g/mol. The van der Waals surface area contributed by atoms with Gasteiger partial charge in [0.2, 0.25) is 0 Å². The maximum absolute atomic E-state index is 5.49. The van der Waals surface area contributed by atoms with Crippen LogP contribution in [0.3, 0.4) is 0 Å². The minimum atomic E-state index is 0.307. The molecule has 2 unspecified atom stereocenters. The van der Waals surface area contributed by atoms with E-state index in [1.165, 1.54) is 19.3 Å². The summed E-state index contributed by atoms with van der Waals surface area (Å²) in [5, 5.41) is 3.75. The van der Waals surface area contributed by atoms with Gasteiger partial charge in [0.1, 0.15) is 0 Å². The zero-order valence-electron chi connectivity index (χ0n) is 11.7. The van der Waals surface area contributed by atoms with E-state index in [-0.39, 0.29) is 0 Å². The molecule has 1 aliphatic heterocycles. The van der Waals surface area contributed by atoms with Crippen molar-refractivity contribution in [3.05, 3.63) is 0 Å². The van der Waals surface area contributed by atoms with Crippen LogP contribution in [0.25, 0.3) is 0 Å². The van der Waals surface area contributed by atoms with Crippen LogP contribution in [0, 0.1) is 5.92 Å². The van der Waals surface area contributed by atoms with E-state index in [0.29, 0.717) is 11.6 Å². The highest BCUT2D eigenvalue weighted by Crippen LogP contribution is 2.40. The van der Waals surface area contributed by atoms with Crippen molar-refractivity contribution in [3.8, 4) is 0 Å². The Morgan fingerprint density at radius 2 is 1.94 bits per heavy atom. The van der Waals surface area contributed by atoms with Crippen molar-refractivity contribution in [3.63, 3.8) is 0 Å². The molecule has 0 spiro atoms. The molecule has 2 rings (SSSR count). The lowest BCUT2D eigenvalue weighted by molar-refractivity contribution is -0.0352. The molecule has 0 radical (unpaired) electrons. The van der Waals surface area contributed by atoms with Crippen LogP contribution in [0.1, 0.15) is 40.0 Å². The fourth-order valence-corrected chi connectivity index (χ4v) is 3.26. The van der Waals surface area contributed by atoms with Crippen LogP contribution >= 0.6 is 0 Å². The zero-order chi connectivity index (χ0) is 12.3. The summed E-state index contributed by atoms with van der Waals surface area (Å²) in [6.45, 7) is 12.1. The summed E-state index contributed by atoms with van der Waals surface area (Å²) >= 11 is 0. The summed E-state index contributed by atoms with van der Waals surface area (Å²) in [7, 11) is 0. The van der Waals surface area contributed by atoms with Gasteiger partial charge in [-0.2, -0.15) is 0 Å². The van der Waals surface area contributed by atoms with Crippen LogP contribution in [-0.4, -0.2) is 49.3 Å². The standard InChI is InChI=1S/C14H28N2O/c1-4-14(3,16-8-10-17-11-9-16)13(15-5-2)12-6-7-12/h12-13,15H,4-11H2,1-3H3. The second-order valence-corrected chi connectivity index (χ2v) is 5.68. The quantitative estimate of drug-likeness (QED) is 0.767. The van der Waals surface area contributed by atoms with Gasteiger partial charge in [-0.15, -0.1) is 0 Å². The number of rotatable bonds is 6. The highest BCUT2D eigenvalue weighted by Gasteiger charge is 2.45. The molecule has 100 valence electrons. The molecule has 0 amide bonds. The number of nitrogens with one attached hydrogen (secondary N) is 1. The molecule has 0 bridgehead atoms. The van der Waals surface area contributed by atoms with Crippen LogP contribution in [0.2, 0.25) is 0 Å². The van der Waals surface area contributed by atoms with E-state index in [9.17, 15) is 0 Å². The van der Waals surface area contributed by atoms with Gasteiger partial charge in [-0.3, -0.25) is 4.90 Å². The van der Waals surface area contributed by atoms with Crippen LogP contribution < -0.4 is 5.32 Å². The Morgan fingerprint density at radius 3 is 2.41 bits per heavy atom. The SMILES string of the molecule is CCNC(C1CC1)C(C)(CC)N1CCOCC1. The molecule has 1 heterocycles. The van der Waals surface area contributed by atoms with Gasteiger partial charge in [-0.25, -0.2) is 0 Å². The van der Waals surface area contributed by atoms with E-state index in [2.05, 4.69) is 31.0 Å². The van der Waals surface area contributed by atoms with E-state index in [1.807, 2.05) is 0 Å². The average molecular weight is 240 g/mol. The zero-order valence-corrected chi connectivity index (χ0v) is 11.7. The van der Waals surface area contributed by atoms with Gasteiger partial charge >= 0.3 is 0 Å². The normalized spacial score (nSPS) is 27.7. The Labute approximate surface area is 106 Å². The van der Waals surface area contributed by atoms with Gasteiger partial charge in [0.15, 0.2) is 0 Å². The molecule has 1 aliphatic carbocycles. The summed E-state index contributed by atoms with van der Waals surface area (Å²) in [5.74, 6) is 0.905. The Balaban J connectivity index is 2.08. The Morgan fingerprint density at radius 1 is 1.29 bits per heavy atom. The van der Waals surface area contributed by atoms with Crippen molar-refractivity contribution < 1.29 is 4.74 Å². The van der Waals surface area contributed by atoms with Crippen molar-refractivity contribution in [1.29, 1.82) is 0 Å². The Kier molecular flexibility index (Phi) is 4.45. The van der Waals surface area contributed by atoms with E-state index in [4.69, 9.17) is 4.74 Å². The molecular formula is C14H28N2O. The fourth-order valence-electron chi connectivity index (χ4n) is 3.26. The third-order valence-electron chi connectivity index (χ3n) is 4.64. The lowest BCUT2D eigenvalue weighted by Gasteiger charge is -2.48. The molecule has 0 aromatic carbocycles. The van der Waals surface area contributed by atoms with E-state index in [1.54, 1.807) is 0 Å². The summed E-state index contributed by atoms with van der Waals surface area (Å²) in [6.07, 6.45) is 4.05. The topological polar surface area (TPSA) is 24.5 Å². The van der Waals surface area contributed by atoms with Crippen molar-refractivity contribution in [2.45, 2.75) is 51.6 Å². The number of hydrogen-bond donors (Lipinski definition) is 1. The maximum atomic E-state index is 5.49. The molecule has 3 heteroatoms. The number of nitrogens with zero attached hydrogens (tertiary/aromatic N) is 1. The lowest BCUT2D eigenvalue weighted by atomic mass is 9.83. The second-order valence-electron chi connectivity index (χ2n) is 5.68. The first-order valence-corrected chi connectivity index (χ1v) is 7.28. The van der Waals surface area contributed by atoms with Gasteiger partial charge in [0.05, 0.1) is 13.2 Å². The first-order valence-electron chi connectivity index (χ1n) is 7.28. The van der Waals surface area contributed by atoms with Crippen LogP contribution in [0.15, 0.2) is 0 Å². The molecule has 2 fully saturated rings. The number of morpholine rings is 1. The predicted octanol–water partition coefficient (Wildman–Crippen LogP) is 1.88. The Hall–Kier alpha value is -0.120. The van der Waals surface area contributed by atoms with Crippen molar-refractivity contribution in [2.24, 2.45) is 5.92 Å². The van der Waals surface area contributed by atoms with E-state index >= 15 is 0 Å².